The Bertz CT molecular complexity index is 749. The van der Waals surface area contributed by atoms with Gasteiger partial charge in [0.15, 0.2) is 0 Å². The Morgan fingerprint density at radius 1 is 1.43 bits per heavy atom. The van der Waals surface area contributed by atoms with E-state index in [4.69, 9.17) is 0 Å². The number of rotatable bonds is 6. The van der Waals surface area contributed by atoms with Gasteiger partial charge in [-0.15, -0.1) is 0 Å². The van der Waals surface area contributed by atoms with Gasteiger partial charge in [0.25, 0.3) is 5.56 Å². The predicted octanol–water partition coefficient (Wildman–Crippen LogP) is 0.579. The number of aromatic amines is 1. The van der Waals surface area contributed by atoms with Crippen molar-refractivity contribution in [2.24, 2.45) is 7.05 Å². The van der Waals surface area contributed by atoms with Gasteiger partial charge in [-0.2, -0.15) is 5.10 Å². The fraction of sp³-hybridized carbons (Fsp3) is 0.533. The molecule has 8 nitrogen and oxygen atoms in total. The molecule has 2 aromatic heterocycles. The van der Waals surface area contributed by atoms with E-state index in [1.807, 2.05) is 13.8 Å². The third-order valence-electron chi connectivity index (χ3n) is 3.75. The Hall–Kier alpha value is -2.51. The van der Waals surface area contributed by atoms with E-state index in [1.54, 1.807) is 18.7 Å². The zero-order valence-electron chi connectivity index (χ0n) is 13.9. The van der Waals surface area contributed by atoms with Crippen LogP contribution in [0.4, 0.5) is 0 Å². The summed E-state index contributed by atoms with van der Waals surface area (Å²) in [7, 11) is 1.78. The van der Waals surface area contributed by atoms with Crippen molar-refractivity contribution in [3.63, 3.8) is 0 Å². The Morgan fingerprint density at radius 3 is 2.70 bits per heavy atom. The third-order valence-corrected chi connectivity index (χ3v) is 3.75. The SMILES string of the molecule is CCc1nc(C)c(CC(=O)NC(CC)c2ncnn2C)c(=O)[nH]1. The average Bonchev–Trinajstić information content (AvgIpc) is 2.94. The molecule has 0 aliphatic heterocycles. The molecule has 0 bridgehead atoms. The normalized spacial score (nSPS) is 12.2. The van der Waals surface area contributed by atoms with Crippen LogP contribution in [0.5, 0.6) is 0 Å². The molecule has 1 amide bonds. The minimum Gasteiger partial charge on any atom is -0.346 e. The third kappa shape index (κ3) is 3.82. The highest BCUT2D eigenvalue weighted by Gasteiger charge is 2.19. The van der Waals surface area contributed by atoms with Crippen LogP contribution in [0.15, 0.2) is 11.1 Å². The summed E-state index contributed by atoms with van der Waals surface area (Å²) in [4.78, 5) is 35.6. The summed E-state index contributed by atoms with van der Waals surface area (Å²) in [5, 5.41) is 6.91. The van der Waals surface area contributed by atoms with Crippen molar-refractivity contribution in [1.29, 1.82) is 0 Å². The first kappa shape index (κ1) is 16.9. The molecule has 23 heavy (non-hydrogen) atoms. The predicted molar refractivity (Wildman–Crippen MR) is 84.9 cm³/mol. The first-order valence-corrected chi connectivity index (χ1v) is 7.68. The van der Waals surface area contributed by atoms with Gasteiger partial charge in [-0.3, -0.25) is 14.3 Å². The second-order valence-corrected chi connectivity index (χ2v) is 5.38. The van der Waals surface area contributed by atoms with Crippen LogP contribution in [-0.2, 0) is 24.7 Å². The van der Waals surface area contributed by atoms with E-state index in [9.17, 15) is 9.59 Å². The maximum Gasteiger partial charge on any atom is 0.254 e. The van der Waals surface area contributed by atoms with Crippen molar-refractivity contribution >= 4 is 5.91 Å². The minimum atomic E-state index is -0.254. The molecule has 2 aromatic rings. The highest BCUT2D eigenvalue weighted by molar-refractivity contribution is 5.79. The maximum absolute atomic E-state index is 12.3. The first-order chi connectivity index (χ1) is 11.0. The van der Waals surface area contributed by atoms with E-state index < -0.39 is 0 Å². The molecule has 1 atom stereocenters. The van der Waals surface area contributed by atoms with E-state index in [1.165, 1.54) is 6.33 Å². The number of carbonyl (C=O) groups excluding carboxylic acids is 1. The van der Waals surface area contributed by atoms with Gasteiger partial charge >= 0.3 is 0 Å². The van der Waals surface area contributed by atoms with E-state index in [0.717, 1.165) is 0 Å². The van der Waals surface area contributed by atoms with Crippen molar-refractivity contribution in [3.05, 3.63) is 39.6 Å². The molecule has 0 fully saturated rings. The molecule has 0 aliphatic rings. The average molecular weight is 318 g/mol. The standard InChI is InChI=1S/C15H22N6O2/c1-5-11(14-16-8-17-21(14)4)19-13(22)7-10-9(3)18-12(6-2)20-15(10)23/h8,11H,5-7H2,1-4H3,(H,19,22)(H,18,20,23). The number of hydrogen-bond acceptors (Lipinski definition) is 5. The van der Waals surface area contributed by atoms with Crippen molar-refractivity contribution in [3.8, 4) is 0 Å². The van der Waals surface area contributed by atoms with E-state index in [2.05, 4.69) is 25.4 Å². The van der Waals surface area contributed by atoms with Gasteiger partial charge < -0.3 is 10.3 Å². The van der Waals surface area contributed by atoms with Gasteiger partial charge in [0, 0.05) is 24.7 Å². The van der Waals surface area contributed by atoms with Crippen LogP contribution >= 0.6 is 0 Å². The van der Waals surface area contributed by atoms with E-state index >= 15 is 0 Å². The van der Waals surface area contributed by atoms with Gasteiger partial charge in [0.2, 0.25) is 5.91 Å². The zero-order valence-corrected chi connectivity index (χ0v) is 13.9. The van der Waals surface area contributed by atoms with Crippen molar-refractivity contribution < 1.29 is 4.79 Å². The van der Waals surface area contributed by atoms with Crippen LogP contribution in [0.1, 0.15) is 49.2 Å². The highest BCUT2D eigenvalue weighted by atomic mass is 16.2. The van der Waals surface area contributed by atoms with Crippen LogP contribution in [-0.4, -0.2) is 30.6 Å². The number of nitrogens with zero attached hydrogens (tertiary/aromatic N) is 4. The van der Waals surface area contributed by atoms with Gasteiger partial charge in [0.1, 0.15) is 18.0 Å². The summed E-state index contributed by atoms with van der Waals surface area (Å²) in [6, 6.07) is -0.239. The van der Waals surface area contributed by atoms with Crippen LogP contribution in [0, 0.1) is 6.92 Å². The van der Waals surface area contributed by atoms with Gasteiger partial charge in [-0.05, 0) is 13.3 Å². The van der Waals surface area contributed by atoms with Crippen LogP contribution < -0.4 is 10.9 Å². The Morgan fingerprint density at radius 2 is 2.17 bits per heavy atom. The summed E-state index contributed by atoms with van der Waals surface area (Å²) in [6.45, 7) is 5.61. The Labute approximate surface area is 134 Å². The van der Waals surface area contributed by atoms with Gasteiger partial charge in [-0.1, -0.05) is 13.8 Å². The second-order valence-electron chi connectivity index (χ2n) is 5.38. The van der Waals surface area contributed by atoms with Crippen molar-refractivity contribution in [1.82, 2.24) is 30.0 Å². The van der Waals surface area contributed by atoms with Crippen LogP contribution in [0.3, 0.4) is 0 Å². The van der Waals surface area contributed by atoms with E-state index in [-0.39, 0.29) is 23.9 Å². The zero-order chi connectivity index (χ0) is 17.0. The molecular weight excluding hydrogens is 296 g/mol. The molecule has 8 heteroatoms. The fourth-order valence-corrected chi connectivity index (χ4v) is 2.42. The first-order valence-electron chi connectivity index (χ1n) is 7.68. The summed E-state index contributed by atoms with van der Waals surface area (Å²) >= 11 is 0. The molecule has 0 aromatic carbocycles. The number of H-pyrrole nitrogens is 1. The van der Waals surface area contributed by atoms with E-state index in [0.29, 0.717) is 35.7 Å². The molecule has 0 radical (unpaired) electrons. The number of amides is 1. The number of hydrogen-bond donors (Lipinski definition) is 2. The van der Waals surface area contributed by atoms with Crippen LogP contribution in [0.25, 0.3) is 0 Å². The lowest BCUT2D eigenvalue weighted by Crippen LogP contribution is -2.33. The molecule has 0 spiro atoms. The van der Waals surface area contributed by atoms with Gasteiger partial charge in [0.05, 0.1) is 12.5 Å². The topological polar surface area (TPSA) is 106 Å². The van der Waals surface area contributed by atoms with Crippen molar-refractivity contribution in [2.75, 3.05) is 0 Å². The largest absolute Gasteiger partial charge is 0.346 e. The summed E-state index contributed by atoms with van der Waals surface area (Å²) in [5.41, 5.74) is 0.733. The van der Waals surface area contributed by atoms with Crippen molar-refractivity contribution in [2.45, 2.75) is 46.1 Å². The molecule has 1 unspecified atom stereocenters. The lowest BCUT2D eigenvalue weighted by molar-refractivity contribution is -0.121. The highest BCUT2D eigenvalue weighted by Crippen LogP contribution is 2.13. The Kier molecular flexibility index (Phi) is 5.25. The maximum atomic E-state index is 12.3. The summed E-state index contributed by atoms with van der Waals surface area (Å²) < 4.78 is 1.63. The molecule has 124 valence electrons. The molecule has 0 aliphatic carbocycles. The monoisotopic (exact) mass is 318 g/mol. The lowest BCUT2D eigenvalue weighted by atomic mass is 10.1. The van der Waals surface area contributed by atoms with Gasteiger partial charge in [-0.25, -0.2) is 9.97 Å². The molecule has 0 saturated carbocycles. The molecule has 2 heterocycles. The van der Waals surface area contributed by atoms with Crippen LogP contribution in [0.2, 0.25) is 0 Å². The quantitative estimate of drug-likeness (QED) is 0.810. The molecule has 2 rings (SSSR count). The summed E-state index contributed by atoms with van der Waals surface area (Å²) in [5.74, 6) is 1.08. The number of aromatic nitrogens is 5. The fourth-order valence-electron chi connectivity index (χ4n) is 2.42. The smallest absolute Gasteiger partial charge is 0.254 e. The Balaban J connectivity index is 2.13. The number of nitrogens with one attached hydrogen (secondary N) is 2. The number of aryl methyl sites for hydroxylation is 3. The summed E-state index contributed by atoms with van der Waals surface area (Å²) in [6.07, 6.45) is 2.77. The molecule has 2 N–H and O–H groups in total. The minimum absolute atomic E-state index is 0.00743. The molecular formula is C15H22N6O2. The molecule has 0 saturated heterocycles. The lowest BCUT2D eigenvalue weighted by Gasteiger charge is -2.16. The number of carbonyl (C=O) groups is 1. The second kappa shape index (κ2) is 7.17.